The van der Waals surface area contributed by atoms with Crippen molar-refractivity contribution in [1.29, 1.82) is 0 Å². The number of hydrogen-bond donors (Lipinski definition) is 0. The van der Waals surface area contributed by atoms with Crippen molar-refractivity contribution in [3.63, 3.8) is 0 Å². The van der Waals surface area contributed by atoms with Gasteiger partial charge in [0.25, 0.3) is 0 Å². The Labute approximate surface area is 157 Å². The number of benzene rings is 2. The van der Waals surface area contributed by atoms with Gasteiger partial charge >= 0.3 is 0 Å². The van der Waals surface area contributed by atoms with E-state index in [0.717, 1.165) is 15.7 Å². The van der Waals surface area contributed by atoms with Gasteiger partial charge in [-0.25, -0.2) is 0 Å². The molecule has 1 aromatic heterocycles. The topological polar surface area (TPSA) is 30.0 Å². The zero-order valence-corrected chi connectivity index (χ0v) is 15.7. The molecule has 0 spiro atoms. The average molecular weight is 394 g/mol. The molecule has 0 aliphatic carbocycles. The third kappa shape index (κ3) is 4.64. The normalized spacial score (nSPS) is 11.9. The molecule has 2 nitrogen and oxygen atoms in total. The van der Waals surface area contributed by atoms with Gasteiger partial charge in [-0.1, -0.05) is 58.4 Å². The van der Waals surface area contributed by atoms with E-state index in [9.17, 15) is 4.79 Å². The molecular weight excluding hydrogens is 374 g/mol. The number of aromatic nitrogens is 1. The molecular formula is C22H20BrNO. The van der Waals surface area contributed by atoms with Crippen LogP contribution in [-0.2, 0) is 11.2 Å². The van der Waals surface area contributed by atoms with Gasteiger partial charge in [-0.3, -0.25) is 9.78 Å². The van der Waals surface area contributed by atoms with Crippen LogP contribution >= 0.6 is 15.9 Å². The molecule has 1 atom stereocenters. The summed E-state index contributed by atoms with van der Waals surface area (Å²) < 4.78 is 1.04. The minimum absolute atomic E-state index is 0.0607. The zero-order chi connectivity index (χ0) is 17.6. The molecule has 0 fully saturated rings. The minimum Gasteiger partial charge on any atom is -0.299 e. The third-order valence-corrected chi connectivity index (χ3v) is 4.90. The summed E-state index contributed by atoms with van der Waals surface area (Å²) in [5.74, 6) is 0.264. The van der Waals surface area contributed by atoms with Crippen LogP contribution in [0.4, 0.5) is 0 Å². The number of hydrogen-bond acceptors (Lipinski definition) is 2. The summed E-state index contributed by atoms with van der Waals surface area (Å²) in [4.78, 5) is 17.0. The number of nitrogens with zero attached hydrogens (tertiary/aromatic N) is 1. The van der Waals surface area contributed by atoms with Gasteiger partial charge in [0, 0.05) is 35.1 Å². The molecule has 0 aliphatic heterocycles. The van der Waals surface area contributed by atoms with Crippen molar-refractivity contribution in [3.05, 3.63) is 99.8 Å². The van der Waals surface area contributed by atoms with Gasteiger partial charge in [-0.15, -0.1) is 0 Å². The minimum atomic E-state index is 0.0607. The zero-order valence-electron chi connectivity index (χ0n) is 14.2. The first-order chi connectivity index (χ1) is 12.1. The number of carbonyl (C=O) groups excluding carboxylic acids is 1. The van der Waals surface area contributed by atoms with E-state index in [4.69, 9.17) is 0 Å². The van der Waals surface area contributed by atoms with E-state index >= 15 is 0 Å². The average Bonchev–Trinajstić information content (AvgIpc) is 2.62. The van der Waals surface area contributed by atoms with Crippen LogP contribution in [0.3, 0.4) is 0 Å². The van der Waals surface area contributed by atoms with Crippen LogP contribution in [0.15, 0.2) is 77.4 Å². The summed E-state index contributed by atoms with van der Waals surface area (Å²) in [6, 6.07) is 22.2. The predicted molar refractivity (Wildman–Crippen MR) is 105 cm³/mol. The number of aryl methyl sites for hydroxylation is 1. The van der Waals surface area contributed by atoms with Crippen molar-refractivity contribution < 1.29 is 4.79 Å². The van der Waals surface area contributed by atoms with Crippen molar-refractivity contribution in [2.45, 2.75) is 25.7 Å². The molecule has 0 saturated heterocycles. The van der Waals surface area contributed by atoms with Gasteiger partial charge in [0.2, 0.25) is 0 Å². The first-order valence-electron chi connectivity index (χ1n) is 8.36. The smallest absolute Gasteiger partial charge is 0.139 e. The van der Waals surface area contributed by atoms with E-state index in [1.54, 1.807) is 6.20 Å². The van der Waals surface area contributed by atoms with Crippen molar-refractivity contribution in [2.24, 2.45) is 0 Å². The Morgan fingerprint density at radius 1 is 1.00 bits per heavy atom. The largest absolute Gasteiger partial charge is 0.299 e. The van der Waals surface area contributed by atoms with Crippen molar-refractivity contribution in [3.8, 4) is 0 Å². The van der Waals surface area contributed by atoms with E-state index in [0.29, 0.717) is 12.8 Å². The number of rotatable bonds is 6. The standard InChI is InChI=1S/C22H20BrNO/c1-16-6-2-3-8-21(16)22(17-9-11-18(23)12-10-17)15-20(25)14-19-7-4-5-13-24-19/h2-13,22H,14-15H2,1H3/t22-/m1/s1. The Kier molecular flexibility index (Phi) is 5.77. The summed E-state index contributed by atoms with van der Waals surface area (Å²) in [6.07, 6.45) is 2.58. The van der Waals surface area contributed by atoms with Crippen LogP contribution in [0.5, 0.6) is 0 Å². The Balaban J connectivity index is 1.87. The molecule has 0 saturated carbocycles. The molecule has 25 heavy (non-hydrogen) atoms. The molecule has 3 rings (SSSR count). The van der Waals surface area contributed by atoms with Gasteiger partial charge in [0.15, 0.2) is 0 Å². The quantitative estimate of drug-likeness (QED) is 0.554. The van der Waals surface area contributed by atoms with Crippen molar-refractivity contribution in [2.75, 3.05) is 0 Å². The second-order valence-corrected chi connectivity index (χ2v) is 7.12. The van der Waals surface area contributed by atoms with Gasteiger partial charge < -0.3 is 0 Å². The highest BCUT2D eigenvalue weighted by Crippen LogP contribution is 2.31. The summed E-state index contributed by atoms with van der Waals surface area (Å²) in [5.41, 5.74) is 4.40. The molecule has 0 aliphatic rings. The number of ketones is 1. The Hall–Kier alpha value is -2.26. The van der Waals surface area contributed by atoms with Crippen LogP contribution < -0.4 is 0 Å². The Morgan fingerprint density at radius 3 is 2.40 bits per heavy atom. The lowest BCUT2D eigenvalue weighted by atomic mass is 9.84. The third-order valence-electron chi connectivity index (χ3n) is 4.37. The highest BCUT2D eigenvalue weighted by molar-refractivity contribution is 9.10. The summed E-state index contributed by atoms with van der Waals surface area (Å²) >= 11 is 3.49. The van der Waals surface area contributed by atoms with E-state index < -0.39 is 0 Å². The summed E-state index contributed by atoms with van der Waals surface area (Å²) in [6.45, 7) is 2.10. The Morgan fingerprint density at radius 2 is 1.72 bits per heavy atom. The van der Waals surface area contributed by atoms with Crippen LogP contribution in [-0.4, -0.2) is 10.8 Å². The maximum Gasteiger partial charge on any atom is 0.139 e. The molecule has 0 radical (unpaired) electrons. The lowest BCUT2D eigenvalue weighted by Crippen LogP contribution is -2.12. The summed E-state index contributed by atoms with van der Waals surface area (Å²) in [7, 11) is 0. The fourth-order valence-electron chi connectivity index (χ4n) is 3.08. The number of Topliss-reactive ketones (excluding diaryl/α,β-unsaturated/α-hetero) is 1. The highest BCUT2D eigenvalue weighted by Gasteiger charge is 2.20. The molecule has 2 aromatic carbocycles. The monoisotopic (exact) mass is 393 g/mol. The second kappa shape index (κ2) is 8.21. The van der Waals surface area contributed by atoms with Crippen molar-refractivity contribution >= 4 is 21.7 Å². The van der Waals surface area contributed by atoms with E-state index in [2.05, 4.69) is 52.1 Å². The second-order valence-electron chi connectivity index (χ2n) is 6.20. The van der Waals surface area contributed by atoms with Crippen molar-refractivity contribution in [1.82, 2.24) is 4.98 Å². The van der Waals surface area contributed by atoms with Gasteiger partial charge in [0.05, 0.1) is 0 Å². The molecule has 0 amide bonds. The first-order valence-corrected chi connectivity index (χ1v) is 9.15. The molecule has 0 unspecified atom stereocenters. The van der Waals surface area contributed by atoms with Gasteiger partial charge in [0.1, 0.15) is 5.78 Å². The molecule has 0 N–H and O–H groups in total. The van der Waals surface area contributed by atoms with E-state index in [-0.39, 0.29) is 11.7 Å². The summed E-state index contributed by atoms with van der Waals surface area (Å²) in [5, 5.41) is 0. The molecule has 3 aromatic rings. The number of carbonyl (C=O) groups is 1. The van der Waals surface area contributed by atoms with Crippen LogP contribution in [0, 0.1) is 6.92 Å². The maximum absolute atomic E-state index is 12.7. The lowest BCUT2D eigenvalue weighted by molar-refractivity contribution is -0.118. The Bertz CT molecular complexity index is 843. The maximum atomic E-state index is 12.7. The molecule has 1 heterocycles. The fraction of sp³-hybridized carbons (Fsp3) is 0.182. The predicted octanol–water partition coefficient (Wildman–Crippen LogP) is 5.49. The van der Waals surface area contributed by atoms with Gasteiger partial charge in [-0.2, -0.15) is 0 Å². The number of pyridine rings is 1. The SMILES string of the molecule is Cc1ccccc1[C@H](CC(=O)Cc1ccccn1)c1ccc(Br)cc1. The van der Waals surface area contributed by atoms with E-state index in [1.165, 1.54) is 11.1 Å². The molecule has 0 bridgehead atoms. The van der Waals surface area contributed by atoms with Crippen LogP contribution in [0.25, 0.3) is 0 Å². The number of halogens is 1. The van der Waals surface area contributed by atoms with Crippen LogP contribution in [0.1, 0.15) is 34.7 Å². The highest BCUT2D eigenvalue weighted by atomic mass is 79.9. The van der Waals surface area contributed by atoms with E-state index in [1.807, 2.05) is 42.5 Å². The lowest BCUT2D eigenvalue weighted by Gasteiger charge is -2.20. The van der Waals surface area contributed by atoms with Gasteiger partial charge in [-0.05, 0) is 47.9 Å². The molecule has 126 valence electrons. The fourth-order valence-corrected chi connectivity index (χ4v) is 3.35. The first kappa shape index (κ1) is 17.6. The molecule has 3 heteroatoms. The van der Waals surface area contributed by atoms with Crippen LogP contribution in [0.2, 0.25) is 0 Å².